The van der Waals surface area contributed by atoms with Crippen LogP contribution in [0.2, 0.25) is 0 Å². The first-order chi connectivity index (χ1) is 19.6. The van der Waals surface area contributed by atoms with Gasteiger partial charge in [-0.05, 0) is 53.4 Å². The summed E-state index contributed by atoms with van der Waals surface area (Å²) in [5, 5.41) is 10.5. The number of anilines is 1. The Kier molecular flexibility index (Phi) is 9.50. The average molecular weight is 591 g/mol. The lowest BCUT2D eigenvalue weighted by atomic mass is 10.0. The second kappa shape index (κ2) is 13.0. The van der Waals surface area contributed by atoms with Gasteiger partial charge in [-0.3, -0.25) is 4.79 Å². The Balaban J connectivity index is 1.57. The van der Waals surface area contributed by atoms with E-state index in [-0.39, 0.29) is 25.4 Å². The molecule has 1 N–H and O–H groups in total. The summed E-state index contributed by atoms with van der Waals surface area (Å²) in [7, 11) is 4.51. The number of carbonyl (C=O) groups is 2. The molecule has 0 radical (unpaired) electrons. The zero-order valence-electron chi connectivity index (χ0n) is 22.6. The van der Waals surface area contributed by atoms with E-state index in [1.807, 2.05) is 23.6 Å². The number of nitrogens with one attached hydrogen (secondary N) is 1. The Labute approximate surface area is 239 Å². The molecule has 0 unspecified atom stereocenters. The van der Waals surface area contributed by atoms with Crippen LogP contribution in [-0.2, 0) is 15.7 Å². The molecule has 1 aliphatic rings. The summed E-state index contributed by atoms with van der Waals surface area (Å²) in [5.74, 6) is 0.590. The zero-order chi connectivity index (χ0) is 29.6. The van der Waals surface area contributed by atoms with Gasteiger partial charge in [-0.25, -0.2) is 9.80 Å². The largest absolute Gasteiger partial charge is 0.493 e. The predicted molar refractivity (Wildman–Crippen MR) is 149 cm³/mol. The molecule has 0 saturated heterocycles. The number of hydrogen-bond donors (Lipinski definition) is 1. The molecule has 9 nitrogen and oxygen atoms in total. The van der Waals surface area contributed by atoms with Crippen molar-refractivity contribution in [1.82, 2.24) is 9.91 Å². The van der Waals surface area contributed by atoms with Crippen LogP contribution in [0, 0.1) is 0 Å². The number of thiophene rings is 1. The molecule has 1 aromatic heterocycles. The van der Waals surface area contributed by atoms with E-state index in [1.165, 1.54) is 42.6 Å². The van der Waals surface area contributed by atoms with Gasteiger partial charge in [0.2, 0.25) is 0 Å². The van der Waals surface area contributed by atoms with Crippen molar-refractivity contribution in [3.8, 4) is 11.5 Å². The van der Waals surface area contributed by atoms with E-state index in [9.17, 15) is 22.8 Å². The Morgan fingerprint density at radius 3 is 2.41 bits per heavy atom. The number of hydrogen-bond acceptors (Lipinski definition) is 7. The predicted octanol–water partition coefficient (Wildman–Crippen LogP) is 5.64. The highest BCUT2D eigenvalue weighted by molar-refractivity contribution is 7.12. The van der Waals surface area contributed by atoms with Crippen LogP contribution < -0.4 is 14.8 Å². The molecule has 3 aromatic rings. The summed E-state index contributed by atoms with van der Waals surface area (Å²) >= 11 is 1.50. The number of urea groups is 1. The molecule has 1 atom stereocenters. The normalized spacial score (nSPS) is 14.9. The first-order valence-electron chi connectivity index (χ1n) is 12.5. The fourth-order valence-electron chi connectivity index (χ4n) is 4.29. The molecule has 0 bridgehead atoms. The van der Waals surface area contributed by atoms with Crippen LogP contribution in [0.1, 0.15) is 28.5 Å². The molecule has 0 fully saturated rings. The van der Waals surface area contributed by atoms with Crippen LogP contribution >= 0.6 is 11.3 Å². The maximum absolute atomic E-state index is 13.7. The third-order valence-electron chi connectivity index (χ3n) is 6.41. The number of rotatable bonds is 10. The number of alkyl halides is 3. The quantitative estimate of drug-likeness (QED) is 0.330. The number of carbonyl (C=O) groups excluding carboxylic acids is 2. The van der Waals surface area contributed by atoms with Gasteiger partial charge in [0.1, 0.15) is 6.54 Å². The molecule has 3 amide bonds. The molecular weight excluding hydrogens is 561 g/mol. The highest BCUT2D eigenvalue weighted by atomic mass is 32.1. The molecule has 0 aliphatic carbocycles. The molecule has 1 aliphatic heterocycles. The minimum atomic E-state index is -4.50. The van der Waals surface area contributed by atoms with Crippen molar-refractivity contribution in [3.63, 3.8) is 0 Å². The number of hydrazone groups is 1. The molecule has 2 heterocycles. The van der Waals surface area contributed by atoms with Crippen molar-refractivity contribution >= 4 is 34.7 Å². The lowest BCUT2D eigenvalue weighted by Gasteiger charge is -2.27. The van der Waals surface area contributed by atoms with Gasteiger partial charge in [0, 0.05) is 25.8 Å². The Hall–Kier alpha value is -4.10. The van der Waals surface area contributed by atoms with E-state index in [1.54, 1.807) is 12.1 Å². The lowest BCUT2D eigenvalue weighted by molar-refractivity contribution is -0.137. The van der Waals surface area contributed by atoms with Crippen LogP contribution in [0.15, 0.2) is 65.1 Å². The zero-order valence-corrected chi connectivity index (χ0v) is 23.4. The van der Waals surface area contributed by atoms with E-state index in [2.05, 4.69) is 10.4 Å². The highest BCUT2D eigenvalue weighted by Gasteiger charge is 2.35. The van der Waals surface area contributed by atoms with Crippen molar-refractivity contribution in [3.05, 3.63) is 76.0 Å². The van der Waals surface area contributed by atoms with Crippen LogP contribution in [0.25, 0.3) is 0 Å². The summed E-state index contributed by atoms with van der Waals surface area (Å²) in [4.78, 5) is 28.9. The Morgan fingerprint density at radius 2 is 1.80 bits per heavy atom. The topological polar surface area (TPSA) is 92.7 Å². The molecule has 0 saturated carbocycles. The Morgan fingerprint density at radius 1 is 1.07 bits per heavy atom. The molecular formula is C28H29F3N4O5S. The lowest BCUT2D eigenvalue weighted by Crippen LogP contribution is -2.44. The van der Waals surface area contributed by atoms with E-state index >= 15 is 0 Å². The SMILES string of the molecule is COCCN(CC(=O)N1N=C(c2cccs2)C[C@@H]1c1ccc(OC)c(OC)c1)C(=O)Nc1ccc(C(F)(F)F)cc1. The summed E-state index contributed by atoms with van der Waals surface area (Å²) in [5.41, 5.74) is 0.812. The van der Waals surface area contributed by atoms with Gasteiger partial charge >= 0.3 is 12.2 Å². The van der Waals surface area contributed by atoms with Crippen molar-refractivity contribution in [1.29, 1.82) is 0 Å². The fraction of sp³-hybridized carbons (Fsp3) is 0.321. The van der Waals surface area contributed by atoms with Crippen LogP contribution in [0.5, 0.6) is 11.5 Å². The first-order valence-corrected chi connectivity index (χ1v) is 13.4. The summed E-state index contributed by atoms with van der Waals surface area (Å²) in [6.45, 7) is -0.150. The van der Waals surface area contributed by atoms with Crippen LogP contribution in [0.4, 0.5) is 23.7 Å². The summed E-state index contributed by atoms with van der Waals surface area (Å²) < 4.78 is 54.7. The van der Waals surface area contributed by atoms with Crippen molar-refractivity contribution in [2.45, 2.75) is 18.6 Å². The van der Waals surface area contributed by atoms with E-state index in [4.69, 9.17) is 14.2 Å². The second-order valence-corrected chi connectivity index (χ2v) is 9.96. The van der Waals surface area contributed by atoms with Gasteiger partial charge in [-0.2, -0.15) is 18.3 Å². The molecule has 218 valence electrons. The second-order valence-electron chi connectivity index (χ2n) is 9.02. The minimum Gasteiger partial charge on any atom is -0.493 e. The monoisotopic (exact) mass is 590 g/mol. The van der Waals surface area contributed by atoms with Crippen molar-refractivity contribution < 1.29 is 37.0 Å². The van der Waals surface area contributed by atoms with E-state index in [0.29, 0.717) is 17.9 Å². The van der Waals surface area contributed by atoms with Crippen molar-refractivity contribution in [2.24, 2.45) is 5.10 Å². The standard InChI is InChI=1S/C28H29F3N4O5S/c1-38-13-12-34(27(37)32-20-9-7-19(8-10-20)28(29,30)31)17-26(36)35-22(16-21(33-35)25-5-4-14-41-25)18-6-11-23(39-2)24(15-18)40-3/h4-11,14-15,22H,12-13,16-17H2,1-3H3,(H,32,37)/t22-/m1/s1. The molecule has 41 heavy (non-hydrogen) atoms. The van der Waals surface area contributed by atoms with Crippen molar-refractivity contribution in [2.75, 3.05) is 46.3 Å². The molecule has 2 aromatic carbocycles. The number of halogens is 3. The van der Waals surface area contributed by atoms with Gasteiger partial charge in [0.15, 0.2) is 11.5 Å². The number of methoxy groups -OCH3 is 3. The number of benzene rings is 2. The van der Waals surface area contributed by atoms with E-state index in [0.717, 1.165) is 40.4 Å². The van der Waals surface area contributed by atoms with Gasteiger partial charge in [-0.1, -0.05) is 12.1 Å². The third-order valence-corrected chi connectivity index (χ3v) is 7.32. The maximum atomic E-state index is 13.7. The van der Waals surface area contributed by atoms with Gasteiger partial charge in [0.25, 0.3) is 5.91 Å². The number of nitrogens with zero attached hydrogens (tertiary/aromatic N) is 3. The van der Waals surface area contributed by atoms with Crippen LogP contribution in [-0.4, -0.2) is 68.6 Å². The van der Waals surface area contributed by atoms with Gasteiger partial charge in [-0.15, -0.1) is 11.3 Å². The fourth-order valence-corrected chi connectivity index (χ4v) is 5.01. The van der Waals surface area contributed by atoms with E-state index < -0.39 is 29.7 Å². The average Bonchev–Trinajstić information content (AvgIpc) is 3.65. The minimum absolute atomic E-state index is 0.0606. The van der Waals surface area contributed by atoms with Gasteiger partial charge in [0.05, 0.1) is 43.0 Å². The summed E-state index contributed by atoms with van der Waals surface area (Å²) in [6.07, 6.45) is -4.06. The number of ether oxygens (including phenoxy) is 3. The first kappa shape index (κ1) is 29.9. The Bertz CT molecular complexity index is 1380. The molecule has 13 heteroatoms. The number of amides is 3. The van der Waals surface area contributed by atoms with Gasteiger partial charge < -0.3 is 24.4 Å². The molecule has 4 rings (SSSR count). The third kappa shape index (κ3) is 7.16. The van der Waals surface area contributed by atoms with Crippen LogP contribution in [0.3, 0.4) is 0 Å². The molecule has 0 spiro atoms. The smallest absolute Gasteiger partial charge is 0.416 e. The summed E-state index contributed by atoms with van der Waals surface area (Å²) in [6, 6.07) is 12.1. The maximum Gasteiger partial charge on any atom is 0.416 e. The highest BCUT2D eigenvalue weighted by Crippen LogP contribution is 2.38.